The van der Waals surface area contributed by atoms with Crippen LogP contribution in [0.2, 0.25) is 5.02 Å². The van der Waals surface area contributed by atoms with Gasteiger partial charge in [0.25, 0.3) is 0 Å². The summed E-state index contributed by atoms with van der Waals surface area (Å²) in [6, 6.07) is 15.2. The quantitative estimate of drug-likeness (QED) is 0.707. The summed E-state index contributed by atoms with van der Waals surface area (Å²) >= 11 is 6.01. The van der Waals surface area contributed by atoms with E-state index in [1.54, 1.807) is 11.0 Å². The highest BCUT2D eigenvalue weighted by Crippen LogP contribution is 2.34. The zero-order valence-electron chi connectivity index (χ0n) is 13.6. The van der Waals surface area contributed by atoms with E-state index in [-0.39, 0.29) is 11.8 Å². The Bertz CT molecular complexity index is 923. The van der Waals surface area contributed by atoms with Crippen LogP contribution < -0.4 is 4.90 Å². The molecule has 1 aromatic heterocycles. The van der Waals surface area contributed by atoms with E-state index >= 15 is 0 Å². The van der Waals surface area contributed by atoms with Gasteiger partial charge in [0.05, 0.1) is 5.92 Å². The molecule has 1 saturated heterocycles. The number of amides is 1. The number of rotatable bonds is 3. The van der Waals surface area contributed by atoms with Crippen LogP contribution in [0.25, 0.3) is 11.4 Å². The lowest BCUT2D eigenvalue weighted by atomic mass is 10.1. The number of hydrogen-bond acceptors (Lipinski definition) is 4. The first-order valence-corrected chi connectivity index (χ1v) is 8.45. The van der Waals surface area contributed by atoms with E-state index in [2.05, 4.69) is 10.1 Å². The zero-order valence-corrected chi connectivity index (χ0v) is 14.4. The SMILES string of the molecule is Cc1cc(Cl)ccc1N1CC(c2nc(-c3ccccc3)no2)CC1=O. The van der Waals surface area contributed by atoms with E-state index in [4.69, 9.17) is 16.1 Å². The van der Waals surface area contributed by atoms with Gasteiger partial charge >= 0.3 is 0 Å². The van der Waals surface area contributed by atoms with Crippen LogP contribution in [0.15, 0.2) is 53.1 Å². The van der Waals surface area contributed by atoms with Crippen molar-refractivity contribution in [3.63, 3.8) is 0 Å². The minimum absolute atomic E-state index is 0.0508. The number of halogens is 1. The fourth-order valence-electron chi connectivity index (χ4n) is 3.13. The third kappa shape index (κ3) is 3.03. The molecular formula is C19H16ClN3O2. The number of hydrogen-bond donors (Lipinski definition) is 0. The van der Waals surface area contributed by atoms with Gasteiger partial charge in [0, 0.05) is 29.2 Å². The van der Waals surface area contributed by atoms with Crippen molar-refractivity contribution in [3.05, 3.63) is 65.0 Å². The van der Waals surface area contributed by atoms with Gasteiger partial charge < -0.3 is 9.42 Å². The highest BCUT2D eigenvalue weighted by Gasteiger charge is 2.35. The molecule has 126 valence electrons. The van der Waals surface area contributed by atoms with E-state index in [0.29, 0.717) is 29.7 Å². The lowest BCUT2D eigenvalue weighted by Crippen LogP contribution is -2.25. The fourth-order valence-corrected chi connectivity index (χ4v) is 3.36. The molecule has 1 aliphatic rings. The van der Waals surface area contributed by atoms with E-state index in [0.717, 1.165) is 16.8 Å². The van der Waals surface area contributed by atoms with Crippen molar-refractivity contribution in [2.45, 2.75) is 19.3 Å². The average Bonchev–Trinajstić information content (AvgIpc) is 3.23. The number of benzene rings is 2. The summed E-state index contributed by atoms with van der Waals surface area (Å²) < 4.78 is 5.42. The Morgan fingerprint density at radius 1 is 1.20 bits per heavy atom. The number of carbonyl (C=O) groups excluding carboxylic acids is 1. The maximum atomic E-state index is 12.5. The Morgan fingerprint density at radius 2 is 2.00 bits per heavy atom. The van der Waals surface area contributed by atoms with Gasteiger partial charge in [-0.15, -0.1) is 0 Å². The topological polar surface area (TPSA) is 59.2 Å². The van der Waals surface area contributed by atoms with Crippen LogP contribution in [-0.2, 0) is 4.79 Å². The normalized spacial score (nSPS) is 17.3. The second-order valence-electron chi connectivity index (χ2n) is 6.16. The van der Waals surface area contributed by atoms with E-state index in [1.165, 1.54) is 0 Å². The summed E-state index contributed by atoms with van der Waals surface area (Å²) in [5.41, 5.74) is 2.74. The van der Waals surface area contributed by atoms with Crippen LogP contribution in [-0.4, -0.2) is 22.6 Å². The van der Waals surface area contributed by atoms with Crippen LogP contribution in [0.1, 0.15) is 23.8 Å². The first kappa shape index (κ1) is 15.8. The molecule has 0 spiro atoms. The lowest BCUT2D eigenvalue weighted by Gasteiger charge is -2.18. The number of nitrogens with zero attached hydrogens (tertiary/aromatic N) is 3. The van der Waals surface area contributed by atoms with Gasteiger partial charge in [-0.05, 0) is 30.7 Å². The molecule has 0 aliphatic carbocycles. The predicted octanol–water partition coefficient (Wildman–Crippen LogP) is 4.22. The minimum atomic E-state index is -0.104. The maximum absolute atomic E-state index is 12.5. The van der Waals surface area contributed by atoms with Crippen LogP contribution in [0.4, 0.5) is 5.69 Å². The molecule has 0 saturated carbocycles. The van der Waals surface area contributed by atoms with Crippen molar-refractivity contribution < 1.29 is 9.32 Å². The Balaban J connectivity index is 1.57. The molecule has 2 heterocycles. The van der Waals surface area contributed by atoms with Crippen LogP contribution in [0.3, 0.4) is 0 Å². The summed E-state index contributed by atoms with van der Waals surface area (Å²) in [5, 5.41) is 4.71. The van der Waals surface area contributed by atoms with Crippen molar-refractivity contribution in [1.82, 2.24) is 10.1 Å². The molecule has 6 heteroatoms. The molecule has 0 N–H and O–H groups in total. The second-order valence-corrected chi connectivity index (χ2v) is 6.59. The van der Waals surface area contributed by atoms with Gasteiger partial charge in [-0.1, -0.05) is 47.1 Å². The van der Waals surface area contributed by atoms with Gasteiger partial charge in [0.15, 0.2) is 0 Å². The molecule has 0 radical (unpaired) electrons. The number of anilines is 1. The maximum Gasteiger partial charge on any atom is 0.232 e. The van der Waals surface area contributed by atoms with Crippen LogP contribution in [0.5, 0.6) is 0 Å². The third-order valence-corrected chi connectivity index (χ3v) is 4.63. The Kier molecular flexibility index (Phi) is 4.01. The highest BCUT2D eigenvalue weighted by atomic mass is 35.5. The number of carbonyl (C=O) groups is 1. The van der Waals surface area contributed by atoms with Crippen LogP contribution >= 0.6 is 11.6 Å². The molecule has 4 rings (SSSR count). The number of aryl methyl sites for hydroxylation is 1. The largest absolute Gasteiger partial charge is 0.339 e. The summed E-state index contributed by atoms with van der Waals surface area (Å²) in [7, 11) is 0. The van der Waals surface area contributed by atoms with E-state index < -0.39 is 0 Å². The Hall–Kier alpha value is -2.66. The fraction of sp³-hybridized carbons (Fsp3) is 0.211. The summed E-state index contributed by atoms with van der Waals surface area (Å²) in [5.74, 6) is 0.993. The average molecular weight is 354 g/mol. The first-order chi connectivity index (χ1) is 12.1. The lowest BCUT2D eigenvalue weighted by molar-refractivity contribution is -0.117. The second kappa shape index (κ2) is 6.33. The third-order valence-electron chi connectivity index (χ3n) is 4.40. The monoisotopic (exact) mass is 353 g/mol. The molecule has 5 nitrogen and oxygen atoms in total. The predicted molar refractivity (Wildman–Crippen MR) is 95.6 cm³/mol. The molecule has 2 aromatic carbocycles. The molecule has 0 bridgehead atoms. The van der Waals surface area contributed by atoms with Gasteiger partial charge in [0.2, 0.25) is 17.6 Å². The molecule has 1 amide bonds. The van der Waals surface area contributed by atoms with Gasteiger partial charge in [-0.2, -0.15) is 4.98 Å². The summed E-state index contributed by atoms with van der Waals surface area (Å²) in [6.07, 6.45) is 0.360. The molecule has 3 aromatic rings. The molecular weight excluding hydrogens is 338 g/mol. The van der Waals surface area contributed by atoms with E-state index in [9.17, 15) is 4.79 Å². The smallest absolute Gasteiger partial charge is 0.232 e. The standard InChI is InChI=1S/C19H16ClN3O2/c1-12-9-15(20)7-8-16(12)23-11-14(10-17(23)24)19-21-18(22-25-19)13-5-3-2-4-6-13/h2-9,14H,10-11H2,1H3. The van der Waals surface area contributed by atoms with Crippen molar-refractivity contribution >= 4 is 23.2 Å². The number of aromatic nitrogens is 2. The highest BCUT2D eigenvalue weighted by molar-refractivity contribution is 6.30. The Labute approximate surface area is 150 Å². The van der Waals surface area contributed by atoms with Crippen molar-refractivity contribution in [2.24, 2.45) is 0 Å². The summed E-state index contributed by atoms with van der Waals surface area (Å²) in [4.78, 5) is 18.7. The van der Waals surface area contributed by atoms with E-state index in [1.807, 2.05) is 49.4 Å². The van der Waals surface area contributed by atoms with Gasteiger partial charge in [-0.25, -0.2) is 0 Å². The molecule has 1 atom stereocenters. The first-order valence-electron chi connectivity index (χ1n) is 8.07. The van der Waals surface area contributed by atoms with Crippen molar-refractivity contribution in [3.8, 4) is 11.4 Å². The van der Waals surface area contributed by atoms with Crippen molar-refractivity contribution in [1.29, 1.82) is 0 Å². The molecule has 25 heavy (non-hydrogen) atoms. The molecule has 1 fully saturated rings. The molecule has 1 aliphatic heterocycles. The minimum Gasteiger partial charge on any atom is -0.339 e. The van der Waals surface area contributed by atoms with Crippen LogP contribution in [0, 0.1) is 6.92 Å². The zero-order chi connectivity index (χ0) is 17.4. The summed E-state index contributed by atoms with van der Waals surface area (Å²) in [6.45, 7) is 2.47. The van der Waals surface area contributed by atoms with Gasteiger partial charge in [0.1, 0.15) is 0 Å². The van der Waals surface area contributed by atoms with Gasteiger partial charge in [-0.3, -0.25) is 4.79 Å². The Morgan fingerprint density at radius 3 is 2.76 bits per heavy atom. The molecule has 1 unspecified atom stereocenters. The van der Waals surface area contributed by atoms with Crippen molar-refractivity contribution in [2.75, 3.05) is 11.4 Å².